The molecule has 1 saturated heterocycles. The van der Waals surface area contributed by atoms with Gasteiger partial charge in [-0.2, -0.15) is 5.10 Å². The normalized spacial score (nSPS) is 16.8. The van der Waals surface area contributed by atoms with Crippen LogP contribution in [-0.2, 0) is 0 Å². The fourth-order valence-corrected chi connectivity index (χ4v) is 1.57. The highest BCUT2D eigenvalue weighted by molar-refractivity contribution is 6.64. The molecule has 1 aromatic heterocycles. The van der Waals surface area contributed by atoms with Crippen LogP contribution in [0.4, 0.5) is 9.59 Å². The van der Waals surface area contributed by atoms with Crippen LogP contribution in [0.15, 0.2) is 22.0 Å². The Morgan fingerprint density at radius 2 is 2.35 bits per heavy atom. The van der Waals surface area contributed by atoms with Gasteiger partial charge in [0.2, 0.25) is 0 Å². The topological polar surface area (TPSA) is 79.0 Å². The molecule has 0 saturated carbocycles. The number of nitrogens with zero attached hydrogens (tertiary/aromatic N) is 4. The Labute approximate surface area is 102 Å². The quantitative estimate of drug-likeness (QED) is 0.456. The lowest BCUT2D eigenvalue weighted by Crippen LogP contribution is -2.31. The first-order valence-corrected chi connectivity index (χ1v) is 5.22. The Hall–Kier alpha value is -1.89. The molecule has 0 aliphatic carbocycles. The second-order valence-corrected chi connectivity index (χ2v) is 3.70. The minimum Gasteiger partial charge on any atom is -0.364 e. The van der Waals surface area contributed by atoms with Crippen molar-refractivity contribution < 1.29 is 14.1 Å². The summed E-state index contributed by atoms with van der Waals surface area (Å²) in [6.07, 6.45) is 1.41. The van der Waals surface area contributed by atoms with E-state index in [1.807, 2.05) is 0 Å². The number of hydrogen-bond acceptors (Lipinski definition) is 5. The number of rotatable bonds is 2. The first kappa shape index (κ1) is 11.6. The van der Waals surface area contributed by atoms with Crippen molar-refractivity contribution in [2.24, 2.45) is 5.10 Å². The number of urea groups is 1. The lowest BCUT2D eigenvalue weighted by atomic mass is 10.3. The van der Waals surface area contributed by atoms with Gasteiger partial charge in [-0.3, -0.25) is 4.79 Å². The summed E-state index contributed by atoms with van der Waals surface area (Å²) in [6, 6.07) is 1.09. The molecular weight excluding hydrogens is 248 g/mol. The van der Waals surface area contributed by atoms with Crippen LogP contribution >= 0.6 is 11.6 Å². The smallest absolute Gasteiger partial charge is 0.348 e. The van der Waals surface area contributed by atoms with Crippen LogP contribution in [0.25, 0.3) is 0 Å². The average Bonchev–Trinajstić information content (AvgIpc) is 2.89. The summed E-state index contributed by atoms with van der Waals surface area (Å²) >= 11 is 5.24. The molecule has 0 radical (unpaired) electrons. The van der Waals surface area contributed by atoms with E-state index in [4.69, 9.17) is 11.6 Å². The van der Waals surface area contributed by atoms with Crippen LogP contribution in [-0.4, -0.2) is 45.3 Å². The van der Waals surface area contributed by atoms with E-state index in [1.165, 1.54) is 11.3 Å². The fraction of sp³-hybridized carbons (Fsp3) is 0.333. The molecule has 17 heavy (non-hydrogen) atoms. The Bertz CT molecular complexity index is 471. The van der Waals surface area contributed by atoms with Gasteiger partial charge >= 0.3 is 11.4 Å². The third kappa shape index (κ3) is 2.28. The first-order chi connectivity index (χ1) is 8.09. The summed E-state index contributed by atoms with van der Waals surface area (Å²) in [5.41, 5.74) is 1.06. The summed E-state index contributed by atoms with van der Waals surface area (Å²) in [4.78, 5) is 23.4. The Morgan fingerprint density at radius 3 is 2.88 bits per heavy atom. The highest BCUT2D eigenvalue weighted by Crippen LogP contribution is 2.12. The first-order valence-electron chi connectivity index (χ1n) is 4.84. The second-order valence-electron chi connectivity index (χ2n) is 3.38. The maximum atomic E-state index is 11.6. The molecule has 0 N–H and O–H groups in total. The Kier molecular flexibility index (Phi) is 3.10. The van der Waals surface area contributed by atoms with Crippen LogP contribution in [0.5, 0.6) is 0 Å². The lowest BCUT2D eigenvalue weighted by Gasteiger charge is -2.10. The Balaban J connectivity index is 2.13. The number of halogens is 1. The molecule has 1 fully saturated rings. The van der Waals surface area contributed by atoms with Crippen molar-refractivity contribution in [3.8, 4) is 0 Å². The van der Waals surface area contributed by atoms with Gasteiger partial charge in [0.05, 0.1) is 18.8 Å². The summed E-state index contributed by atoms with van der Waals surface area (Å²) in [5, 5.41) is 8.12. The molecule has 1 aliphatic heterocycles. The van der Waals surface area contributed by atoms with Gasteiger partial charge in [0.1, 0.15) is 12.0 Å². The van der Waals surface area contributed by atoms with Gasteiger partial charge in [0, 0.05) is 6.07 Å². The van der Waals surface area contributed by atoms with Gasteiger partial charge in [-0.05, 0) is 18.5 Å². The van der Waals surface area contributed by atoms with E-state index in [9.17, 15) is 9.59 Å². The van der Waals surface area contributed by atoms with Crippen LogP contribution in [0.1, 0.15) is 12.6 Å². The van der Waals surface area contributed by atoms with E-state index in [0.29, 0.717) is 18.0 Å². The zero-order valence-electron chi connectivity index (χ0n) is 8.96. The fourth-order valence-electron chi connectivity index (χ4n) is 1.41. The number of amides is 3. The minimum atomic E-state index is -0.799. The molecule has 90 valence electrons. The van der Waals surface area contributed by atoms with Crippen LogP contribution in [0, 0.1) is 0 Å². The highest BCUT2D eigenvalue weighted by atomic mass is 35.5. The van der Waals surface area contributed by atoms with E-state index >= 15 is 0 Å². The van der Waals surface area contributed by atoms with Gasteiger partial charge in [-0.15, -0.1) is 0 Å². The van der Waals surface area contributed by atoms with Gasteiger partial charge in [-0.25, -0.2) is 14.7 Å². The van der Waals surface area contributed by atoms with Gasteiger partial charge in [0.15, 0.2) is 0 Å². The maximum absolute atomic E-state index is 11.6. The second kappa shape index (κ2) is 4.54. The predicted molar refractivity (Wildman–Crippen MR) is 58.8 cm³/mol. The summed E-state index contributed by atoms with van der Waals surface area (Å²) < 4.78 is 4.67. The largest absolute Gasteiger partial charge is 0.364 e. The van der Waals surface area contributed by atoms with Crippen molar-refractivity contribution in [3.05, 3.63) is 18.0 Å². The molecule has 1 aliphatic rings. The van der Waals surface area contributed by atoms with E-state index in [-0.39, 0.29) is 6.54 Å². The molecule has 0 unspecified atom stereocenters. The lowest BCUT2D eigenvalue weighted by molar-refractivity contribution is 0.195. The van der Waals surface area contributed by atoms with Gasteiger partial charge < -0.3 is 4.52 Å². The number of aromatic nitrogens is 1. The molecule has 3 amide bonds. The standard InChI is InChI=1S/C9H9ClN4O3/c1-6(7-2-5-17-12-7)11-14-4-3-13(8(10)15)9(14)16/h2,5H,3-4H2,1H3. The van der Waals surface area contributed by atoms with Crippen molar-refractivity contribution in [2.75, 3.05) is 13.1 Å². The molecule has 2 heterocycles. The van der Waals surface area contributed by atoms with Crippen molar-refractivity contribution in [1.82, 2.24) is 15.1 Å². The molecule has 1 aromatic rings. The number of hydrogen-bond donors (Lipinski definition) is 0. The molecule has 8 heteroatoms. The number of carbonyl (C=O) groups is 2. The maximum Gasteiger partial charge on any atom is 0.348 e. The average molecular weight is 257 g/mol. The van der Waals surface area contributed by atoms with Crippen LogP contribution < -0.4 is 0 Å². The summed E-state index contributed by atoms with van der Waals surface area (Å²) in [5.74, 6) is 0. The van der Waals surface area contributed by atoms with Crippen molar-refractivity contribution >= 4 is 28.7 Å². The van der Waals surface area contributed by atoms with Crippen molar-refractivity contribution in [3.63, 3.8) is 0 Å². The number of hydrazone groups is 1. The van der Waals surface area contributed by atoms with E-state index < -0.39 is 11.4 Å². The van der Waals surface area contributed by atoms with E-state index in [0.717, 1.165) is 4.90 Å². The molecule has 0 atom stereocenters. The molecule has 2 rings (SSSR count). The van der Waals surface area contributed by atoms with Crippen molar-refractivity contribution in [1.29, 1.82) is 0 Å². The summed E-state index contributed by atoms with van der Waals surface area (Å²) in [6.45, 7) is 2.24. The zero-order valence-corrected chi connectivity index (χ0v) is 9.72. The van der Waals surface area contributed by atoms with Gasteiger partial charge in [-0.1, -0.05) is 5.16 Å². The number of imide groups is 1. The van der Waals surface area contributed by atoms with Gasteiger partial charge in [0.25, 0.3) is 0 Å². The molecular formula is C9H9ClN4O3. The molecule has 0 spiro atoms. The third-order valence-electron chi connectivity index (χ3n) is 2.28. The predicted octanol–water partition coefficient (Wildman–Crippen LogP) is 1.50. The zero-order chi connectivity index (χ0) is 12.4. The van der Waals surface area contributed by atoms with E-state index in [2.05, 4.69) is 14.8 Å². The molecule has 7 nitrogen and oxygen atoms in total. The molecule has 0 aromatic carbocycles. The third-order valence-corrected chi connectivity index (χ3v) is 2.48. The molecule has 0 bridgehead atoms. The van der Waals surface area contributed by atoms with E-state index in [1.54, 1.807) is 13.0 Å². The number of carbonyl (C=O) groups excluding carboxylic acids is 2. The Morgan fingerprint density at radius 1 is 1.59 bits per heavy atom. The summed E-state index contributed by atoms with van der Waals surface area (Å²) in [7, 11) is 0. The van der Waals surface area contributed by atoms with Crippen molar-refractivity contribution in [2.45, 2.75) is 6.92 Å². The SMILES string of the molecule is CC(=NN1CCN(C(=O)Cl)C1=O)c1ccon1. The minimum absolute atomic E-state index is 0.233. The monoisotopic (exact) mass is 256 g/mol. The highest BCUT2D eigenvalue weighted by Gasteiger charge is 2.32. The van der Waals surface area contributed by atoms with Crippen LogP contribution in [0.2, 0.25) is 0 Å². The van der Waals surface area contributed by atoms with Crippen LogP contribution in [0.3, 0.4) is 0 Å².